The largest absolute Gasteiger partial charge is 0.310 e. The van der Waals surface area contributed by atoms with Crippen LogP contribution in [-0.4, -0.2) is 6.54 Å². The van der Waals surface area contributed by atoms with Gasteiger partial charge in [-0.3, -0.25) is 5.32 Å². The van der Waals surface area contributed by atoms with E-state index in [1.54, 1.807) is 0 Å². The van der Waals surface area contributed by atoms with Gasteiger partial charge in [-0.1, -0.05) is 6.42 Å². The summed E-state index contributed by atoms with van der Waals surface area (Å²) in [5.41, 5.74) is 6.11. The third kappa shape index (κ3) is 0.361. The van der Waals surface area contributed by atoms with E-state index in [9.17, 15) is 0 Å². The van der Waals surface area contributed by atoms with Gasteiger partial charge in [0.15, 0.2) is 0 Å². The second-order valence-corrected chi connectivity index (χ2v) is 2.90. The Balaban J connectivity index is 2.03. The minimum Gasteiger partial charge on any atom is -0.310 e. The van der Waals surface area contributed by atoms with E-state index in [-0.39, 0.29) is 0 Å². The number of hydrogen-bond donors (Lipinski definition) is 2. The molecule has 1 heterocycles. The molecule has 3 N–H and O–H groups in total. The van der Waals surface area contributed by atoms with Gasteiger partial charge in [-0.25, -0.2) is 0 Å². The van der Waals surface area contributed by atoms with Crippen LogP contribution in [0.4, 0.5) is 0 Å². The van der Waals surface area contributed by atoms with Crippen LogP contribution in [0.15, 0.2) is 0 Å². The van der Waals surface area contributed by atoms with Crippen LogP contribution >= 0.6 is 0 Å². The summed E-state index contributed by atoms with van der Waals surface area (Å²) < 4.78 is 0. The molecule has 8 heavy (non-hydrogen) atoms. The lowest BCUT2D eigenvalue weighted by Crippen LogP contribution is -2.63. The molecule has 0 atom stereocenters. The van der Waals surface area contributed by atoms with Gasteiger partial charge >= 0.3 is 0 Å². The van der Waals surface area contributed by atoms with Gasteiger partial charge in [-0.05, 0) is 12.8 Å². The van der Waals surface area contributed by atoms with E-state index in [4.69, 9.17) is 5.73 Å². The van der Waals surface area contributed by atoms with Gasteiger partial charge in [0.05, 0.1) is 0 Å². The van der Waals surface area contributed by atoms with E-state index in [1.165, 1.54) is 19.3 Å². The third-order valence-corrected chi connectivity index (χ3v) is 2.50. The Morgan fingerprint density at radius 3 is 2.25 bits per heavy atom. The summed E-state index contributed by atoms with van der Waals surface area (Å²) in [4.78, 5) is 0. The monoisotopic (exact) mass is 111 g/mol. The Kier molecular flexibility index (Phi) is 0.746. The maximum atomic E-state index is 5.62. The fourth-order valence-corrected chi connectivity index (χ4v) is 1.49. The van der Waals surface area contributed by atoms with Gasteiger partial charge in [0, 0.05) is 12.0 Å². The lowest BCUT2D eigenvalue weighted by Gasteiger charge is -2.53. The highest BCUT2D eigenvalue weighted by atomic mass is 15.1. The van der Waals surface area contributed by atoms with Crippen molar-refractivity contribution in [3.63, 3.8) is 0 Å². The second-order valence-electron chi connectivity index (χ2n) is 2.90. The van der Waals surface area contributed by atoms with Crippen LogP contribution in [0.25, 0.3) is 0 Å². The molecule has 1 spiro atoms. The van der Waals surface area contributed by atoms with Gasteiger partial charge in [-0.2, -0.15) is 0 Å². The molecule has 45 valence electrons. The summed E-state index contributed by atoms with van der Waals surface area (Å²) in [6, 6.07) is 0. The number of nitrogens with two attached hydrogens (primary N) is 1. The molecule has 2 nitrogen and oxygen atoms in total. The summed E-state index contributed by atoms with van der Waals surface area (Å²) in [7, 11) is 0. The molecule has 0 unspecified atom stereocenters. The average Bonchev–Trinajstić information content (AvgIpc) is 1.58. The van der Waals surface area contributed by atoms with Crippen molar-refractivity contribution in [3.8, 4) is 0 Å². The van der Waals surface area contributed by atoms with Crippen molar-refractivity contribution in [2.45, 2.75) is 19.3 Å². The maximum absolute atomic E-state index is 5.62. The van der Waals surface area contributed by atoms with Crippen molar-refractivity contribution in [2.75, 3.05) is 6.54 Å². The standard InChI is InChI=1S/C6H11N2/c7-5-6(4-8-5)2-1-3-6/h8H,1-4,7H2. The Hall–Kier alpha value is -0.0800. The van der Waals surface area contributed by atoms with Gasteiger partial charge in [-0.15, -0.1) is 0 Å². The minimum atomic E-state index is 0.486. The molecule has 1 saturated carbocycles. The molecular weight excluding hydrogens is 100 g/mol. The quantitative estimate of drug-likeness (QED) is 0.469. The molecule has 0 bridgehead atoms. The van der Waals surface area contributed by atoms with Crippen molar-refractivity contribution in [3.05, 3.63) is 6.17 Å². The topological polar surface area (TPSA) is 38.0 Å². The normalized spacial score (nSPS) is 34.1. The highest BCUT2D eigenvalue weighted by Gasteiger charge is 2.49. The molecular formula is C6H11N2. The first kappa shape index (κ1) is 4.77. The first-order chi connectivity index (χ1) is 3.83. The minimum absolute atomic E-state index is 0.486. The summed E-state index contributed by atoms with van der Waals surface area (Å²) in [6.07, 6.45) is 5.07. The fourth-order valence-electron chi connectivity index (χ4n) is 1.49. The molecule has 0 aromatic heterocycles. The highest BCUT2D eigenvalue weighted by molar-refractivity contribution is 5.15. The molecule has 1 aliphatic carbocycles. The molecule has 0 aromatic rings. The van der Waals surface area contributed by atoms with Gasteiger partial charge in [0.2, 0.25) is 0 Å². The summed E-state index contributed by atoms with van der Waals surface area (Å²) in [5, 5.41) is 3.10. The molecule has 0 amide bonds. The van der Waals surface area contributed by atoms with Crippen LogP contribution in [0.3, 0.4) is 0 Å². The lowest BCUT2D eigenvalue weighted by atomic mass is 9.62. The Labute approximate surface area is 49.4 Å². The Morgan fingerprint density at radius 2 is 2.25 bits per heavy atom. The predicted molar refractivity (Wildman–Crippen MR) is 31.7 cm³/mol. The zero-order valence-electron chi connectivity index (χ0n) is 4.91. The van der Waals surface area contributed by atoms with E-state index < -0.39 is 0 Å². The van der Waals surface area contributed by atoms with Crippen molar-refractivity contribution in [1.29, 1.82) is 0 Å². The number of nitrogens with one attached hydrogen (secondary N) is 1. The van der Waals surface area contributed by atoms with E-state index in [1.807, 2.05) is 0 Å². The van der Waals surface area contributed by atoms with Crippen molar-refractivity contribution < 1.29 is 0 Å². The summed E-state index contributed by atoms with van der Waals surface area (Å²) >= 11 is 0. The van der Waals surface area contributed by atoms with Crippen molar-refractivity contribution >= 4 is 0 Å². The smallest absolute Gasteiger partial charge is 0.106 e. The van der Waals surface area contributed by atoms with Crippen LogP contribution in [0.2, 0.25) is 0 Å². The van der Waals surface area contributed by atoms with E-state index >= 15 is 0 Å². The van der Waals surface area contributed by atoms with Crippen LogP contribution in [0, 0.1) is 11.6 Å². The van der Waals surface area contributed by atoms with E-state index in [0.717, 1.165) is 12.7 Å². The molecule has 2 heteroatoms. The number of rotatable bonds is 0. The summed E-state index contributed by atoms with van der Waals surface area (Å²) in [6.45, 7) is 1.14. The van der Waals surface area contributed by atoms with Crippen LogP contribution in [0.5, 0.6) is 0 Å². The predicted octanol–water partition coefficient (Wildman–Crippen LogP) is 0.208. The highest BCUT2D eigenvalue weighted by Crippen LogP contribution is 2.49. The second kappa shape index (κ2) is 1.25. The molecule has 0 aromatic carbocycles. The molecule has 2 fully saturated rings. The molecule has 2 aliphatic rings. The Bertz CT molecular complexity index is 102. The molecule has 1 radical (unpaired) electrons. The van der Waals surface area contributed by atoms with Gasteiger partial charge in [0.25, 0.3) is 0 Å². The average molecular weight is 111 g/mol. The maximum Gasteiger partial charge on any atom is 0.106 e. The third-order valence-electron chi connectivity index (χ3n) is 2.50. The first-order valence-electron chi connectivity index (χ1n) is 3.20. The molecule has 1 aliphatic heterocycles. The van der Waals surface area contributed by atoms with Crippen molar-refractivity contribution in [1.82, 2.24) is 5.32 Å². The van der Waals surface area contributed by atoms with Crippen LogP contribution in [0.1, 0.15) is 19.3 Å². The van der Waals surface area contributed by atoms with Gasteiger partial charge < -0.3 is 5.73 Å². The van der Waals surface area contributed by atoms with Crippen molar-refractivity contribution in [2.24, 2.45) is 11.1 Å². The lowest BCUT2D eigenvalue weighted by molar-refractivity contribution is 0.0642. The summed E-state index contributed by atoms with van der Waals surface area (Å²) in [5.74, 6) is 0. The zero-order chi connectivity index (χ0) is 5.61. The van der Waals surface area contributed by atoms with Gasteiger partial charge in [0.1, 0.15) is 6.17 Å². The Morgan fingerprint density at radius 1 is 1.50 bits per heavy atom. The number of hydrogen-bond acceptors (Lipinski definition) is 2. The first-order valence-corrected chi connectivity index (χ1v) is 3.20. The van der Waals surface area contributed by atoms with Crippen LogP contribution < -0.4 is 11.1 Å². The zero-order valence-corrected chi connectivity index (χ0v) is 4.91. The van der Waals surface area contributed by atoms with Crippen LogP contribution in [-0.2, 0) is 0 Å². The SMILES string of the molecule is N[C]1NCC12CCC2. The fraction of sp³-hybridized carbons (Fsp3) is 0.833. The van der Waals surface area contributed by atoms with E-state index in [2.05, 4.69) is 5.32 Å². The molecule has 1 saturated heterocycles. The van der Waals surface area contributed by atoms with E-state index in [0.29, 0.717) is 5.41 Å². The molecule has 2 rings (SSSR count).